The van der Waals surface area contributed by atoms with Crippen LogP contribution in [0.25, 0.3) is 0 Å². The van der Waals surface area contributed by atoms with Crippen LogP contribution < -0.4 is 11.1 Å². The Morgan fingerprint density at radius 3 is 2.05 bits per heavy atom. The number of carbonyl (C=O) groups excluding carboxylic acids is 3. The largest absolute Gasteiger partial charge is 0.508 e. The number of aliphatic hydroxyl groups excluding tert-OH is 1. The van der Waals surface area contributed by atoms with Gasteiger partial charge in [0.1, 0.15) is 40.7 Å². The highest BCUT2D eigenvalue weighted by molar-refractivity contribution is 8.01. The fraction of sp³-hybridized carbons (Fsp3) is 0.560. The second-order valence-corrected chi connectivity index (χ2v) is 15.9. The lowest BCUT2D eigenvalue weighted by Crippen LogP contribution is -2.71. The molecular weight excluding hydrogens is 596 g/mol. The van der Waals surface area contributed by atoms with E-state index >= 15 is 0 Å². The maximum absolute atomic E-state index is 12.3. The van der Waals surface area contributed by atoms with Gasteiger partial charge in [0.25, 0.3) is 0 Å². The molecule has 4 aliphatic rings. The summed E-state index contributed by atoms with van der Waals surface area (Å²) in [4.78, 5) is 61.0. The number of hydrogen-bond acceptors (Lipinski definition) is 11. The zero-order valence-electron chi connectivity index (χ0n) is 23.0. The third-order valence-corrected chi connectivity index (χ3v) is 12.6. The van der Waals surface area contributed by atoms with E-state index in [1.165, 1.54) is 54.8 Å². The van der Waals surface area contributed by atoms with Crippen LogP contribution in [0.5, 0.6) is 5.75 Å². The van der Waals surface area contributed by atoms with Gasteiger partial charge in [-0.15, -0.1) is 11.8 Å². The molecule has 4 fully saturated rings. The number of carbonyl (C=O) groups is 5. The molecule has 4 aliphatic heterocycles. The van der Waals surface area contributed by atoms with Gasteiger partial charge in [-0.25, -0.2) is 18.0 Å². The number of carboxylic acids is 2. The summed E-state index contributed by atoms with van der Waals surface area (Å²) in [6.45, 7) is 5.54. The minimum absolute atomic E-state index is 0.0606. The van der Waals surface area contributed by atoms with Gasteiger partial charge in [-0.1, -0.05) is 12.1 Å². The van der Waals surface area contributed by atoms with Gasteiger partial charge in [-0.3, -0.25) is 14.4 Å². The molecule has 0 saturated carbocycles. The van der Waals surface area contributed by atoms with Crippen molar-refractivity contribution in [3.8, 4) is 5.75 Å². The first-order chi connectivity index (χ1) is 19.3. The van der Waals surface area contributed by atoms with E-state index in [9.17, 15) is 42.6 Å². The molecule has 0 unspecified atom stereocenters. The maximum atomic E-state index is 12.3. The first-order valence-electron chi connectivity index (χ1n) is 12.8. The molecule has 17 heteroatoms. The van der Waals surface area contributed by atoms with Gasteiger partial charge >= 0.3 is 11.9 Å². The molecule has 4 saturated heterocycles. The molecule has 15 nitrogen and oxygen atoms in total. The van der Waals surface area contributed by atoms with Crippen molar-refractivity contribution in [3.63, 3.8) is 0 Å². The molecule has 0 aliphatic carbocycles. The molecule has 1 aromatic rings. The zero-order valence-corrected chi connectivity index (χ0v) is 24.6. The van der Waals surface area contributed by atoms with Crippen LogP contribution in [0.3, 0.4) is 0 Å². The van der Waals surface area contributed by atoms with Gasteiger partial charge in [-0.2, -0.15) is 0 Å². The summed E-state index contributed by atoms with van der Waals surface area (Å²) < 4.78 is 22.1. The minimum atomic E-state index is -3.79. The van der Waals surface area contributed by atoms with Gasteiger partial charge in [0, 0.05) is 4.75 Å². The highest BCUT2D eigenvalue weighted by atomic mass is 32.2. The van der Waals surface area contributed by atoms with Gasteiger partial charge in [0.05, 0.1) is 17.3 Å². The number of hydrogen-bond donors (Lipinski definition) is 6. The monoisotopic (exact) mass is 628 g/mol. The second kappa shape index (κ2) is 10.4. The zero-order chi connectivity index (χ0) is 31.7. The van der Waals surface area contributed by atoms with Crippen molar-refractivity contribution < 1.29 is 52.8 Å². The summed E-state index contributed by atoms with van der Waals surface area (Å²) in [5, 5.41) is 37.7. The highest BCUT2D eigenvalue weighted by Crippen LogP contribution is 2.51. The lowest BCUT2D eigenvalue weighted by molar-refractivity contribution is -0.165. The molecule has 0 spiro atoms. The Kier molecular flexibility index (Phi) is 7.80. The van der Waals surface area contributed by atoms with Crippen LogP contribution in [0.2, 0.25) is 0 Å². The first-order valence-corrected chi connectivity index (χ1v) is 15.2. The van der Waals surface area contributed by atoms with E-state index in [1.54, 1.807) is 13.8 Å². The van der Waals surface area contributed by atoms with Crippen LogP contribution in [0, 0.1) is 5.92 Å². The van der Waals surface area contributed by atoms with Crippen molar-refractivity contribution in [2.24, 2.45) is 11.7 Å². The van der Waals surface area contributed by atoms with E-state index in [4.69, 9.17) is 15.9 Å². The number of fused-ring (bicyclic) bond motifs is 2. The topological polar surface area (TPSA) is 245 Å². The number of aromatic hydroxyl groups is 1. The van der Waals surface area contributed by atoms with E-state index in [0.717, 1.165) is 4.90 Å². The van der Waals surface area contributed by atoms with Crippen LogP contribution in [0.1, 0.15) is 39.3 Å². The summed E-state index contributed by atoms with van der Waals surface area (Å²) in [6.07, 6.45) is 0. The molecule has 7 N–H and O–H groups in total. The van der Waals surface area contributed by atoms with Crippen molar-refractivity contribution in [3.05, 3.63) is 29.8 Å². The molecule has 42 heavy (non-hydrogen) atoms. The van der Waals surface area contributed by atoms with Gasteiger partial charge in [0.15, 0.2) is 9.84 Å². The summed E-state index contributed by atoms with van der Waals surface area (Å²) in [5.74, 6) is -4.92. The molecular formula is C25H32N4O11S2. The Labute approximate surface area is 244 Å². The lowest BCUT2D eigenvalue weighted by Gasteiger charge is -2.43. The van der Waals surface area contributed by atoms with Crippen molar-refractivity contribution in [1.82, 2.24) is 15.1 Å². The molecule has 3 amide bonds. The number of nitrogens with two attached hydrogens (primary N) is 1. The molecule has 7 atom stereocenters. The molecule has 4 heterocycles. The number of sulfone groups is 1. The number of thioether (sulfide) groups is 1. The summed E-state index contributed by atoms with van der Waals surface area (Å²) >= 11 is 1.35. The number of phenolic OH excluding ortho intramolecular Hbond substituents is 1. The summed E-state index contributed by atoms with van der Waals surface area (Å²) in [5.41, 5.74) is 6.41. The normalized spacial score (nSPS) is 31.9. The van der Waals surface area contributed by atoms with E-state index < -0.39 is 96.4 Å². The Balaban J connectivity index is 0.000000208. The Morgan fingerprint density at radius 2 is 1.55 bits per heavy atom. The number of phenols is 1. The second-order valence-electron chi connectivity index (χ2n) is 11.5. The standard InChI is InChI=1S/C16H19N3O5S.C9H13NO6S/c1-16(2)11(15(23)24)19-13(22)10(14(19)25-16)18-12(21)9(17)7-3-5-8(20)6-4-7;1-9(2)5(8(13)14)10-6(12)4(3-11)7(10)17(9,15)16/h3-6,9-11,14,20H,17H2,1-2H3,(H,18,21)(H,23,24);4-5,7,11H,3H2,1-2H3,(H,13,14)/t9-,10-,11+,14-;4-,5+,7-/m11/s1. The number of carboxylic acid groups (broad SMARTS) is 2. The first kappa shape index (κ1) is 31.5. The Morgan fingerprint density at radius 1 is 1.00 bits per heavy atom. The molecule has 0 aromatic heterocycles. The fourth-order valence-electron chi connectivity index (χ4n) is 5.80. The average molecular weight is 629 g/mol. The summed E-state index contributed by atoms with van der Waals surface area (Å²) in [6, 6.07) is 1.82. The molecule has 1 aromatic carbocycles. The van der Waals surface area contributed by atoms with Gasteiger partial charge in [-0.05, 0) is 45.4 Å². The van der Waals surface area contributed by atoms with Crippen LogP contribution in [0.4, 0.5) is 0 Å². The Bertz CT molecular complexity index is 1450. The number of β-lactam (4-membered cyclic amide) rings is 2. The predicted molar refractivity (Wildman–Crippen MR) is 146 cm³/mol. The molecule has 230 valence electrons. The smallest absolute Gasteiger partial charge is 0.328 e. The van der Waals surface area contributed by atoms with Crippen LogP contribution in [0.15, 0.2) is 24.3 Å². The van der Waals surface area contributed by atoms with E-state index in [0.29, 0.717) is 5.56 Å². The van der Waals surface area contributed by atoms with Crippen molar-refractivity contribution >= 4 is 51.3 Å². The van der Waals surface area contributed by atoms with E-state index in [-0.39, 0.29) is 5.75 Å². The van der Waals surface area contributed by atoms with E-state index in [2.05, 4.69) is 5.32 Å². The van der Waals surface area contributed by atoms with Crippen LogP contribution in [-0.2, 0) is 33.8 Å². The van der Waals surface area contributed by atoms with Crippen molar-refractivity contribution in [1.29, 1.82) is 0 Å². The molecule has 5 rings (SSSR count). The molecule has 0 bridgehead atoms. The van der Waals surface area contributed by atoms with Crippen molar-refractivity contribution in [2.75, 3.05) is 6.61 Å². The van der Waals surface area contributed by atoms with Gasteiger partial charge in [0.2, 0.25) is 17.7 Å². The quantitative estimate of drug-likeness (QED) is 0.196. The van der Waals surface area contributed by atoms with Crippen molar-refractivity contribution in [2.45, 2.75) is 72.1 Å². The number of benzene rings is 1. The number of nitrogens with zero attached hydrogens (tertiary/aromatic N) is 2. The minimum Gasteiger partial charge on any atom is -0.508 e. The van der Waals surface area contributed by atoms with Gasteiger partial charge < -0.3 is 41.3 Å². The SMILES string of the molecule is CC1(C)S[C@@H]2[C@H](NC(=O)[C@H](N)c3ccc(O)cc3)C(=O)N2[C@H]1C(=O)O.CC1(C)[C@H](C(=O)O)N2C(=O)[C@@H](CO)[C@H]2S1(=O)=O. The van der Waals surface area contributed by atoms with Crippen LogP contribution >= 0.6 is 11.8 Å². The number of aliphatic hydroxyl groups is 1. The summed E-state index contributed by atoms with van der Waals surface area (Å²) in [7, 11) is -3.79. The predicted octanol–water partition coefficient (Wildman–Crippen LogP) is -1.55. The van der Waals surface area contributed by atoms with E-state index in [1.807, 2.05) is 0 Å². The number of amides is 3. The Hall–Kier alpha value is -3.41. The highest BCUT2D eigenvalue weighted by Gasteiger charge is 2.72. The third kappa shape index (κ3) is 4.58. The number of nitrogens with one attached hydrogen (secondary N) is 1. The average Bonchev–Trinajstić information content (AvgIpc) is 3.23. The number of rotatable bonds is 6. The third-order valence-electron chi connectivity index (χ3n) is 8.12. The lowest BCUT2D eigenvalue weighted by atomic mass is 9.92. The van der Waals surface area contributed by atoms with Crippen LogP contribution in [-0.4, -0.2) is 113 Å². The molecule has 0 radical (unpaired) electrons. The maximum Gasteiger partial charge on any atom is 0.328 e. The number of aliphatic carboxylic acids is 2. The fourth-order valence-corrected chi connectivity index (χ4v) is 9.73.